The molecule has 0 fully saturated rings. The van der Waals surface area contributed by atoms with Crippen molar-refractivity contribution in [3.8, 4) is 0 Å². The second-order valence-corrected chi connectivity index (χ2v) is 24.8. The lowest BCUT2D eigenvalue weighted by Crippen LogP contribution is -2.44. The monoisotopic (exact) mass is 1360 g/mol. The molecule has 0 radical (unpaired) electrons. The summed E-state index contributed by atoms with van der Waals surface area (Å²) in [5, 5.41) is 11.8. The zero-order valence-corrected chi connectivity index (χ0v) is 62.2. The van der Waals surface area contributed by atoms with Crippen LogP contribution in [0.15, 0.2) is 267 Å². The highest BCUT2D eigenvalue weighted by Crippen LogP contribution is 2.12. The van der Waals surface area contributed by atoms with Crippen LogP contribution in [0.1, 0.15) is 219 Å². The highest BCUT2D eigenvalue weighted by Gasteiger charge is 2.22. The van der Waals surface area contributed by atoms with Gasteiger partial charge in [0.2, 0.25) is 0 Å². The van der Waals surface area contributed by atoms with Crippen molar-refractivity contribution >= 4 is 17.9 Å². The van der Waals surface area contributed by atoms with Gasteiger partial charge in [-0.15, -0.1) is 0 Å². The lowest BCUT2D eigenvalue weighted by molar-refractivity contribution is -0.870. The number of nitrogens with zero attached hydrogens (tertiary/aromatic N) is 1. The number of hydrogen-bond donors (Lipinski definition) is 0. The maximum atomic E-state index is 12.9. The second-order valence-electron chi connectivity index (χ2n) is 24.8. The van der Waals surface area contributed by atoms with Crippen LogP contribution in [0.2, 0.25) is 0 Å². The molecule has 2 atom stereocenters. The number of quaternary nitrogens is 1. The number of likely N-dealkylation sites (N-methyl/N-ethyl adjacent to an activating group) is 1. The van der Waals surface area contributed by atoms with E-state index in [1.807, 2.05) is 21.1 Å². The van der Waals surface area contributed by atoms with Crippen molar-refractivity contribution in [3.63, 3.8) is 0 Å². The number of aliphatic carboxylic acids is 1. The van der Waals surface area contributed by atoms with Crippen molar-refractivity contribution in [1.29, 1.82) is 0 Å². The van der Waals surface area contributed by atoms with E-state index in [2.05, 4.69) is 281 Å². The molecule has 546 valence electrons. The zero-order chi connectivity index (χ0) is 71.8. The van der Waals surface area contributed by atoms with E-state index in [1.165, 1.54) is 0 Å². The molecule has 9 heteroatoms. The first-order valence-electron chi connectivity index (χ1n) is 37.5. The number of carbonyl (C=O) groups excluding carboxylic acids is 3. The van der Waals surface area contributed by atoms with Gasteiger partial charge in [0.15, 0.2) is 12.4 Å². The van der Waals surface area contributed by atoms with Gasteiger partial charge in [-0.05, 0) is 180 Å². The summed E-state index contributed by atoms with van der Waals surface area (Å²) in [6, 6.07) is 0. The van der Waals surface area contributed by atoms with Crippen LogP contribution in [0, 0.1) is 0 Å². The summed E-state index contributed by atoms with van der Waals surface area (Å²) < 4.78 is 22.7. The highest BCUT2D eigenvalue weighted by molar-refractivity contribution is 5.70. The highest BCUT2D eigenvalue weighted by atomic mass is 16.7. The summed E-state index contributed by atoms with van der Waals surface area (Å²) >= 11 is 0. The summed E-state index contributed by atoms with van der Waals surface area (Å²) in [5.41, 5.74) is 0. The molecule has 0 saturated carbocycles. The number of rotatable bonds is 65. The summed E-state index contributed by atoms with van der Waals surface area (Å²) in [5.74, 6) is -2.41. The van der Waals surface area contributed by atoms with Crippen LogP contribution in [0.4, 0.5) is 0 Å². The molecule has 2 unspecified atom stereocenters. The van der Waals surface area contributed by atoms with E-state index >= 15 is 0 Å². The number of carboxylic acid groups (broad SMARTS) is 1. The number of carboxylic acids is 1. The van der Waals surface area contributed by atoms with Gasteiger partial charge in [-0.25, -0.2) is 0 Å². The molecule has 0 saturated heterocycles. The number of esters is 2. The molecule has 0 spiro atoms. The quantitative estimate of drug-likeness (QED) is 0.0195. The molecule has 0 rings (SSSR count). The fourth-order valence-corrected chi connectivity index (χ4v) is 8.84. The maximum absolute atomic E-state index is 12.9. The molecule has 0 aliphatic carbocycles. The molecule has 99 heavy (non-hydrogen) atoms. The van der Waals surface area contributed by atoms with Crippen LogP contribution >= 0.6 is 0 Å². The number of ether oxygens (including phenoxy) is 4. The van der Waals surface area contributed by atoms with E-state index in [4.69, 9.17) is 18.9 Å². The lowest BCUT2D eigenvalue weighted by Gasteiger charge is -2.26. The molecule has 0 amide bonds. The lowest BCUT2D eigenvalue weighted by atomic mass is 10.1. The van der Waals surface area contributed by atoms with Crippen molar-refractivity contribution in [2.45, 2.75) is 232 Å². The largest absolute Gasteiger partial charge is 0.545 e. The van der Waals surface area contributed by atoms with Crippen LogP contribution in [-0.4, -0.2) is 82.3 Å². The Morgan fingerprint density at radius 3 is 0.788 bits per heavy atom. The maximum Gasteiger partial charge on any atom is 0.306 e. The summed E-state index contributed by atoms with van der Waals surface area (Å²) in [4.78, 5) is 37.5. The first-order chi connectivity index (χ1) is 48.6. The van der Waals surface area contributed by atoms with Gasteiger partial charge in [0.05, 0.1) is 40.3 Å². The SMILES string of the molecule is CC/C=C\C/C=C\C/C=C\C/C=C\C/C=C\C/C=C\C/C=C\C/C=C\C/C=C\C/C=C\C/C=C\CCCCCC(=O)OCC(COC(OCC[N+](C)(C)C)C(=O)[O-])OC(=O)CCCCC/C=C\C/C=C\C/C=C\C/C=C\C/C=C\C/C=C\C/C=C\C/C=C\C/C=C\C/C=C\C/C=C\CC. The zero-order valence-electron chi connectivity index (χ0n) is 62.2. The van der Waals surface area contributed by atoms with Crippen LogP contribution in [0.3, 0.4) is 0 Å². The van der Waals surface area contributed by atoms with Gasteiger partial charge in [0.1, 0.15) is 13.2 Å². The van der Waals surface area contributed by atoms with Crippen molar-refractivity contribution < 1.29 is 42.9 Å². The van der Waals surface area contributed by atoms with Gasteiger partial charge in [-0.2, -0.15) is 0 Å². The minimum absolute atomic E-state index is 0.119. The molecule has 0 bridgehead atoms. The molecule has 9 nitrogen and oxygen atoms in total. The van der Waals surface area contributed by atoms with E-state index in [0.717, 1.165) is 180 Å². The molecule has 0 heterocycles. The molecule has 0 aliphatic heterocycles. The smallest absolute Gasteiger partial charge is 0.306 e. The molecule has 0 N–H and O–H groups in total. The van der Waals surface area contributed by atoms with Gasteiger partial charge in [0, 0.05) is 12.8 Å². The van der Waals surface area contributed by atoms with Gasteiger partial charge < -0.3 is 33.3 Å². The van der Waals surface area contributed by atoms with Crippen LogP contribution in [0.5, 0.6) is 0 Å². The third-order valence-electron chi connectivity index (χ3n) is 14.5. The number of allylic oxidation sites excluding steroid dienone is 44. The van der Waals surface area contributed by atoms with Crippen molar-refractivity contribution in [1.82, 2.24) is 0 Å². The van der Waals surface area contributed by atoms with E-state index in [9.17, 15) is 19.5 Å². The van der Waals surface area contributed by atoms with Gasteiger partial charge in [-0.1, -0.05) is 294 Å². The first kappa shape index (κ1) is 91.6. The number of unbranched alkanes of at least 4 members (excludes halogenated alkanes) is 6. The van der Waals surface area contributed by atoms with Crippen LogP contribution < -0.4 is 5.11 Å². The van der Waals surface area contributed by atoms with Crippen molar-refractivity contribution in [2.75, 3.05) is 47.5 Å². The Kier molecular flexibility index (Phi) is 70.6. The Hall–Kier alpha value is -7.43. The Labute approximate surface area is 604 Å². The van der Waals surface area contributed by atoms with E-state index in [1.54, 1.807) is 0 Å². The van der Waals surface area contributed by atoms with Gasteiger partial charge in [0.25, 0.3) is 0 Å². The third kappa shape index (κ3) is 77.8. The topological polar surface area (TPSA) is 111 Å². The van der Waals surface area contributed by atoms with E-state index in [-0.39, 0.29) is 32.7 Å². The second kappa shape index (κ2) is 76.3. The molecular weight excluding hydrogens is 1220 g/mol. The Morgan fingerprint density at radius 1 is 0.303 bits per heavy atom. The fourth-order valence-electron chi connectivity index (χ4n) is 8.84. The summed E-state index contributed by atoms with van der Waals surface area (Å²) in [6.45, 7) is 4.39. The predicted molar refractivity (Wildman–Crippen MR) is 425 cm³/mol. The summed E-state index contributed by atoms with van der Waals surface area (Å²) in [6.07, 6.45) is 123. The first-order valence-corrected chi connectivity index (χ1v) is 37.5. The average molecular weight is 1360 g/mol. The molecular formula is C90H133NO8. The molecule has 0 aliphatic rings. The standard InChI is InChI=1S/C90H133NO8/c1-6-8-10-12-14-16-18-20-22-24-26-28-30-32-34-36-38-40-42-44-46-48-50-52-54-56-58-60-62-64-66-68-70-72-74-76-78-80-87(92)97-84-86(85-98-90(89(94)95)96-83-82-91(3,4)5)99-88(93)81-79-77-75-73-71-69-67-65-63-61-59-57-55-53-51-49-47-45-43-41-39-37-35-33-31-29-27-25-23-21-19-17-15-13-11-9-7-2/h8-11,14-17,20-23,26-29,32-35,38-41,44-47,50-53,56-59,62-65,68-71,86,90H,6-7,12-13,18-19,24-25,30-31,36-37,42-43,48-49,54-55,60-61,66-67,72-85H2,1-5H3/b10-8-,11-9-,16-14-,17-15-,22-20-,23-21-,28-26-,29-27-,34-32-,35-33-,40-38-,41-39-,46-44-,47-45-,52-50-,53-51-,58-56-,59-57-,64-62-,65-63-,70-68-,71-69-. The van der Waals surface area contributed by atoms with Crippen molar-refractivity contribution in [2.24, 2.45) is 0 Å². The normalized spacial score (nSPS) is 14.2. The molecule has 0 aromatic heterocycles. The number of hydrogen-bond acceptors (Lipinski definition) is 8. The predicted octanol–water partition coefficient (Wildman–Crippen LogP) is 23.0. The van der Waals surface area contributed by atoms with Gasteiger partial charge in [-0.3, -0.25) is 9.59 Å². The Morgan fingerprint density at radius 2 is 0.545 bits per heavy atom. The minimum atomic E-state index is -1.66. The van der Waals surface area contributed by atoms with Crippen LogP contribution in [-0.2, 0) is 33.3 Å². The Balaban J connectivity index is 4.35. The van der Waals surface area contributed by atoms with E-state index in [0.29, 0.717) is 23.9 Å². The van der Waals surface area contributed by atoms with Gasteiger partial charge >= 0.3 is 11.9 Å². The molecule has 0 aromatic rings. The summed E-state index contributed by atoms with van der Waals surface area (Å²) in [7, 11) is 5.88. The molecule has 0 aromatic carbocycles. The van der Waals surface area contributed by atoms with E-state index < -0.39 is 30.3 Å². The minimum Gasteiger partial charge on any atom is -0.545 e. The fraction of sp³-hybridized carbons (Fsp3) is 0.478. The third-order valence-corrected chi connectivity index (χ3v) is 14.5. The van der Waals surface area contributed by atoms with Crippen LogP contribution in [0.25, 0.3) is 0 Å². The number of carbonyl (C=O) groups is 3. The average Bonchev–Trinajstić information content (AvgIpc) is 1.41. The van der Waals surface area contributed by atoms with Crippen molar-refractivity contribution in [3.05, 3.63) is 267 Å². The Bertz CT molecular complexity index is 2640.